The maximum atomic E-state index is 5.50. The molecule has 1 aliphatic heterocycles. The van der Waals surface area contributed by atoms with Crippen molar-refractivity contribution < 1.29 is 0 Å². The van der Waals surface area contributed by atoms with Gasteiger partial charge in [0.15, 0.2) is 0 Å². The van der Waals surface area contributed by atoms with Crippen LogP contribution in [0.4, 0.5) is 0 Å². The first-order chi connectivity index (χ1) is 7.29. The summed E-state index contributed by atoms with van der Waals surface area (Å²) in [6, 6.07) is 8.93. The second-order valence-corrected chi connectivity index (χ2v) is 4.01. The van der Waals surface area contributed by atoms with E-state index in [2.05, 4.69) is 41.7 Å². The molecule has 1 aliphatic rings. The second kappa shape index (κ2) is 4.45. The molecule has 0 bridgehead atoms. The fourth-order valence-electron chi connectivity index (χ4n) is 1.81. The highest BCUT2D eigenvalue weighted by Crippen LogP contribution is 2.22. The third-order valence-corrected chi connectivity index (χ3v) is 2.73. The largest absolute Gasteiger partial charge is 0.330 e. The SMILES string of the molecule is Cc1ccc(C2CC(CCN)=NN2)cc1. The van der Waals surface area contributed by atoms with Crippen molar-refractivity contribution in [2.45, 2.75) is 25.8 Å². The highest BCUT2D eigenvalue weighted by molar-refractivity contribution is 5.86. The quantitative estimate of drug-likeness (QED) is 0.786. The molecule has 1 atom stereocenters. The van der Waals surface area contributed by atoms with Crippen molar-refractivity contribution in [2.24, 2.45) is 10.8 Å². The van der Waals surface area contributed by atoms with Crippen LogP contribution in [0.15, 0.2) is 29.4 Å². The molecule has 1 aromatic rings. The summed E-state index contributed by atoms with van der Waals surface area (Å²) in [6.45, 7) is 2.78. The average molecular weight is 203 g/mol. The summed E-state index contributed by atoms with van der Waals surface area (Å²) in [5.41, 5.74) is 12.4. The van der Waals surface area contributed by atoms with E-state index in [0.29, 0.717) is 12.6 Å². The summed E-state index contributed by atoms with van der Waals surface area (Å²) in [5, 5.41) is 4.29. The molecule has 1 unspecified atom stereocenters. The summed E-state index contributed by atoms with van der Waals surface area (Å²) in [6.07, 6.45) is 1.88. The summed E-state index contributed by atoms with van der Waals surface area (Å²) < 4.78 is 0. The van der Waals surface area contributed by atoms with Crippen molar-refractivity contribution in [2.75, 3.05) is 6.54 Å². The number of hydrogen-bond acceptors (Lipinski definition) is 3. The number of aryl methyl sites for hydroxylation is 1. The van der Waals surface area contributed by atoms with Crippen molar-refractivity contribution in [3.8, 4) is 0 Å². The molecule has 1 aromatic carbocycles. The highest BCUT2D eigenvalue weighted by atomic mass is 15.3. The number of benzene rings is 1. The van der Waals surface area contributed by atoms with Gasteiger partial charge in [-0.2, -0.15) is 5.10 Å². The summed E-state index contributed by atoms with van der Waals surface area (Å²) in [5.74, 6) is 0. The van der Waals surface area contributed by atoms with Crippen molar-refractivity contribution in [1.29, 1.82) is 0 Å². The minimum atomic E-state index is 0.340. The van der Waals surface area contributed by atoms with E-state index in [0.717, 1.165) is 12.8 Å². The van der Waals surface area contributed by atoms with Gasteiger partial charge in [0, 0.05) is 12.1 Å². The number of nitrogens with one attached hydrogen (secondary N) is 1. The van der Waals surface area contributed by atoms with E-state index in [-0.39, 0.29) is 0 Å². The molecular weight excluding hydrogens is 186 g/mol. The molecule has 0 amide bonds. The Labute approximate surface area is 90.4 Å². The number of hydrogen-bond donors (Lipinski definition) is 2. The van der Waals surface area contributed by atoms with E-state index in [1.165, 1.54) is 16.8 Å². The van der Waals surface area contributed by atoms with E-state index in [9.17, 15) is 0 Å². The van der Waals surface area contributed by atoms with Crippen LogP contribution in [0.2, 0.25) is 0 Å². The summed E-state index contributed by atoms with van der Waals surface area (Å²) in [7, 11) is 0. The Balaban J connectivity index is 2.01. The maximum Gasteiger partial charge on any atom is 0.0742 e. The van der Waals surface area contributed by atoms with Gasteiger partial charge in [-0.1, -0.05) is 29.8 Å². The zero-order valence-corrected chi connectivity index (χ0v) is 9.03. The van der Waals surface area contributed by atoms with Crippen molar-refractivity contribution in [1.82, 2.24) is 5.43 Å². The van der Waals surface area contributed by atoms with Crippen LogP contribution in [0.5, 0.6) is 0 Å². The molecular formula is C12H17N3. The Morgan fingerprint density at radius 2 is 2.13 bits per heavy atom. The number of nitrogens with zero attached hydrogens (tertiary/aromatic N) is 1. The van der Waals surface area contributed by atoms with Crippen LogP contribution in [-0.4, -0.2) is 12.3 Å². The Morgan fingerprint density at radius 1 is 1.40 bits per heavy atom. The van der Waals surface area contributed by atoms with Gasteiger partial charge in [0.1, 0.15) is 0 Å². The molecule has 15 heavy (non-hydrogen) atoms. The van der Waals surface area contributed by atoms with Gasteiger partial charge < -0.3 is 11.2 Å². The predicted molar refractivity (Wildman–Crippen MR) is 62.8 cm³/mol. The smallest absolute Gasteiger partial charge is 0.0742 e. The number of hydrazone groups is 1. The van der Waals surface area contributed by atoms with Gasteiger partial charge in [0.25, 0.3) is 0 Å². The number of rotatable bonds is 3. The van der Waals surface area contributed by atoms with Crippen LogP contribution in [0, 0.1) is 6.92 Å². The topological polar surface area (TPSA) is 50.4 Å². The molecule has 0 fully saturated rings. The molecule has 0 aromatic heterocycles. The molecule has 0 radical (unpaired) electrons. The third-order valence-electron chi connectivity index (χ3n) is 2.73. The minimum absolute atomic E-state index is 0.340. The molecule has 3 N–H and O–H groups in total. The van der Waals surface area contributed by atoms with Crippen LogP contribution in [-0.2, 0) is 0 Å². The van der Waals surface area contributed by atoms with E-state index >= 15 is 0 Å². The molecule has 0 aliphatic carbocycles. The predicted octanol–water partition coefficient (Wildman–Crippen LogP) is 1.73. The van der Waals surface area contributed by atoms with Crippen molar-refractivity contribution in [3.63, 3.8) is 0 Å². The molecule has 3 nitrogen and oxygen atoms in total. The summed E-state index contributed by atoms with van der Waals surface area (Å²) >= 11 is 0. The van der Waals surface area contributed by atoms with E-state index in [1.54, 1.807) is 0 Å². The van der Waals surface area contributed by atoms with Crippen LogP contribution >= 0.6 is 0 Å². The highest BCUT2D eigenvalue weighted by Gasteiger charge is 2.18. The van der Waals surface area contributed by atoms with Crippen LogP contribution in [0.1, 0.15) is 30.0 Å². The normalized spacial score (nSPS) is 19.9. The Kier molecular flexibility index (Phi) is 3.02. The van der Waals surface area contributed by atoms with Crippen LogP contribution in [0.25, 0.3) is 0 Å². The van der Waals surface area contributed by atoms with Crippen molar-refractivity contribution in [3.05, 3.63) is 35.4 Å². The number of nitrogens with two attached hydrogens (primary N) is 1. The molecule has 3 heteroatoms. The molecule has 0 saturated carbocycles. The van der Waals surface area contributed by atoms with E-state index in [1.807, 2.05) is 0 Å². The van der Waals surface area contributed by atoms with Gasteiger partial charge in [-0.3, -0.25) is 0 Å². The first-order valence-electron chi connectivity index (χ1n) is 5.37. The van der Waals surface area contributed by atoms with Gasteiger partial charge in [-0.15, -0.1) is 0 Å². The standard InChI is InChI=1S/C12H17N3/c1-9-2-4-10(5-3-9)12-8-11(6-7-13)14-15-12/h2-5,12,15H,6-8,13H2,1H3. The van der Waals surface area contributed by atoms with Gasteiger partial charge in [-0.25, -0.2) is 0 Å². The monoisotopic (exact) mass is 203 g/mol. The molecule has 80 valence electrons. The van der Waals surface area contributed by atoms with Gasteiger partial charge in [0.2, 0.25) is 0 Å². The van der Waals surface area contributed by atoms with Crippen LogP contribution < -0.4 is 11.2 Å². The maximum absolute atomic E-state index is 5.50. The Bertz CT molecular complexity index is 354. The lowest BCUT2D eigenvalue weighted by Crippen LogP contribution is -2.10. The lowest BCUT2D eigenvalue weighted by Gasteiger charge is -2.10. The molecule has 0 saturated heterocycles. The molecule has 0 spiro atoms. The fraction of sp³-hybridized carbons (Fsp3) is 0.417. The van der Waals surface area contributed by atoms with Gasteiger partial charge in [-0.05, 0) is 25.5 Å². The first-order valence-corrected chi connectivity index (χ1v) is 5.37. The fourth-order valence-corrected chi connectivity index (χ4v) is 1.81. The Morgan fingerprint density at radius 3 is 2.80 bits per heavy atom. The van der Waals surface area contributed by atoms with E-state index in [4.69, 9.17) is 5.73 Å². The zero-order chi connectivity index (χ0) is 10.7. The van der Waals surface area contributed by atoms with Crippen molar-refractivity contribution >= 4 is 5.71 Å². The second-order valence-electron chi connectivity index (χ2n) is 4.01. The summed E-state index contributed by atoms with van der Waals surface area (Å²) in [4.78, 5) is 0. The Hall–Kier alpha value is -1.35. The zero-order valence-electron chi connectivity index (χ0n) is 9.03. The molecule has 2 rings (SSSR count). The van der Waals surface area contributed by atoms with Gasteiger partial charge >= 0.3 is 0 Å². The lowest BCUT2D eigenvalue weighted by atomic mass is 10.0. The van der Waals surface area contributed by atoms with Crippen LogP contribution in [0.3, 0.4) is 0 Å². The lowest BCUT2D eigenvalue weighted by molar-refractivity contribution is 0.619. The van der Waals surface area contributed by atoms with E-state index < -0.39 is 0 Å². The molecule has 1 heterocycles. The average Bonchev–Trinajstić information content (AvgIpc) is 2.68. The first kappa shape index (κ1) is 10.2. The van der Waals surface area contributed by atoms with Gasteiger partial charge in [0.05, 0.1) is 6.04 Å². The minimum Gasteiger partial charge on any atom is -0.330 e. The third kappa shape index (κ3) is 2.36.